The van der Waals surface area contributed by atoms with Gasteiger partial charge in [-0.1, -0.05) is 12.1 Å². The van der Waals surface area contributed by atoms with Crippen molar-refractivity contribution in [1.82, 2.24) is 15.0 Å². The number of ether oxygens (including phenoxy) is 3. The maximum atomic E-state index is 12.2. The summed E-state index contributed by atoms with van der Waals surface area (Å²) in [5.41, 5.74) is 10.9. The second kappa shape index (κ2) is 5.95. The third-order valence-corrected chi connectivity index (χ3v) is 3.13. The second-order valence-electron chi connectivity index (χ2n) is 4.88. The van der Waals surface area contributed by atoms with Crippen LogP contribution in [-0.2, 0) is 16.1 Å². The summed E-state index contributed by atoms with van der Waals surface area (Å²) < 4.78 is 16.4. The van der Waals surface area contributed by atoms with Gasteiger partial charge >= 0.3 is 5.97 Å². The minimum absolute atomic E-state index is 0.0388. The quantitative estimate of drug-likeness (QED) is 0.766. The lowest BCUT2D eigenvalue weighted by Gasteiger charge is -2.30. The Balaban J connectivity index is 1.66. The third kappa shape index (κ3) is 3.23. The minimum Gasteiger partial charge on any atom is -0.482 e. The van der Waals surface area contributed by atoms with Crippen molar-refractivity contribution in [2.45, 2.75) is 25.7 Å². The van der Waals surface area contributed by atoms with Gasteiger partial charge in [-0.2, -0.15) is 15.0 Å². The molecular weight excluding hydrogens is 302 g/mol. The van der Waals surface area contributed by atoms with Crippen molar-refractivity contribution in [3.8, 4) is 11.5 Å². The second-order valence-corrected chi connectivity index (χ2v) is 4.88. The predicted octanol–water partition coefficient (Wildman–Crippen LogP) is 0.308. The number of esters is 1. The van der Waals surface area contributed by atoms with Crippen molar-refractivity contribution in [1.29, 1.82) is 0 Å². The molecule has 0 spiro atoms. The molecule has 1 aliphatic heterocycles. The van der Waals surface area contributed by atoms with E-state index >= 15 is 0 Å². The lowest BCUT2D eigenvalue weighted by atomic mass is 10.2. The van der Waals surface area contributed by atoms with Crippen molar-refractivity contribution in [3.05, 3.63) is 30.1 Å². The van der Waals surface area contributed by atoms with Crippen molar-refractivity contribution in [3.63, 3.8) is 0 Å². The molecule has 9 heteroatoms. The number of para-hydroxylation sites is 2. The molecule has 0 radical (unpaired) electrons. The fraction of sp³-hybridized carbons (Fsp3) is 0.286. The fourth-order valence-electron chi connectivity index (χ4n) is 2.12. The van der Waals surface area contributed by atoms with Crippen molar-refractivity contribution >= 4 is 17.9 Å². The molecule has 1 aromatic carbocycles. The summed E-state index contributed by atoms with van der Waals surface area (Å²) >= 11 is 0. The number of nitrogens with two attached hydrogens (primary N) is 2. The van der Waals surface area contributed by atoms with E-state index in [4.69, 9.17) is 25.7 Å². The molecule has 0 bridgehead atoms. The lowest BCUT2D eigenvalue weighted by molar-refractivity contribution is -0.159. The van der Waals surface area contributed by atoms with Crippen molar-refractivity contribution < 1.29 is 19.0 Å². The molecule has 2 heterocycles. The van der Waals surface area contributed by atoms with Crippen LogP contribution in [0.4, 0.5) is 11.9 Å². The first-order chi connectivity index (χ1) is 11.0. The maximum Gasteiger partial charge on any atom is 0.351 e. The van der Waals surface area contributed by atoms with Gasteiger partial charge in [0.25, 0.3) is 0 Å². The van der Waals surface area contributed by atoms with Crippen LogP contribution in [0.3, 0.4) is 0 Å². The van der Waals surface area contributed by atoms with E-state index in [0.29, 0.717) is 11.5 Å². The number of aromatic nitrogens is 3. The number of fused-ring (bicyclic) bond motifs is 1. The average molecular weight is 317 g/mol. The Labute approximate surface area is 131 Å². The van der Waals surface area contributed by atoms with Crippen LogP contribution in [0.15, 0.2) is 24.3 Å². The Morgan fingerprint density at radius 1 is 1.13 bits per heavy atom. The number of hydrogen-bond acceptors (Lipinski definition) is 9. The van der Waals surface area contributed by atoms with E-state index in [1.807, 2.05) is 6.07 Å². The number of hydrogen-bond donors (Lipinski definition) is 2. The average Bonchev–Trinajstić information content (AvgIpc) is 2.51. The van der Waals surface area contributed by atoms with E-state index in [1.165, 1.54) is 0 Å². The van der Waals surface area contributed by atoms with Gasteiger partial charge in [-0.15, -0.1) is 0 Å². The van der Waals surface area contributed by atoms with Crippen LogP contribution in [0.2, 0.25) is 0 Å². The zero-order valence-electron chi connectivity index (χ0n) is 12.3. The van der Waals surface area contributed by atoms with Gasteiger partial charge in [0.2, 0.25) is 18.0 Å². The number of benzene rings is 1. The van der Waals surface area contributed by atoms with Gasteiger partial charge in [-0.3, -0.25) is 0 Å². The van der Waals surface area contributed by atoms with Crippen molar-refractivity contribution in [2.24, 2.45) is 0 Å². The molecular formula is C14H15N5O4. The molecule has 9 nitrogen and oxygen atoms in total. The number of nitrogen functional groups attached to an aromatic ring is 2. The summed E-state index contributed by atoms with van der Waals surface area (Å²) in [6, 6.07) is 7.10. The highest BCUT2D eigenvalue weighted by atomic mass is 16.6. The first-order valence-electron chi connectivity index (χ1n) is 6.88. The van der Waals surface area contributed by atoms with Crippen LogP contribution in [0.25, 0.3) is 0 Å². The number of rotatable bonds is 3. The Hall–Kier alpha value is -3.10. The molecule has 0 unspecified atom stereocenters. The third-order valence-electron chi connectivity index (χ3n) is 3.13. The molecule has 0 saturated carbocycles. The summed E-state index contributed by atoms with van der Waals surface area (Å²) in [4.78, 5) is 23.5. The zero-order valence-corrected chi connectivity index (χ0v) is 12.3. The van der Waals surface area contributed by atoms with Gasteiger partial charge < -0.3 is 25.7 Å². The smallest absolute Gasteiger partial charge is 0.351 e. The molecule has 3 rings (SSSR count). The number of anilines is 2. The highest BCUT2D eigenvalue weighted by molar-refractivity contribution is 5.76. The lowest BCUT2D eigenvalue weighted by Crippen LogP contribution is -2.44. The molecule has 0 saturated heterocycles. The maximum absolute atomic E-state index is 12.2. The van der Waals surface area contributed by atoms with Crippen LogP contribution in [-0.4, -0.2) is 33.1 Å². The first-order valence-corrected chi connectivity index (χ1v) is 6.88. The summed E-state index contributed by atoms with van der Waals surface area (Å²) in [6.07, 6.45) is -1.38. The normalized spacial score (nSPS) is 19.2. The standard InChI is InChI=1S/C14H15N5O4/c1-7-11(23-9-5-3-2-4-8(9)22-7)12(20)21-6-10-17-13(15)19-14(16)18-10/h2-5,7,11H,6H2,1H3,(H4,15,16,17,18,19)/t7-,11+/m0/s1. The first kappa shape index (κ1) is 14.8. The van der Waals surface area contributed by atoms with E-state index in [-0.39, 0.29) is 24.3 Å². The molecule has 4 N–H and O–H groups in total. The number of carbonyl (C=O) groups is 1. The molecule has 120 valence electrons. The highest BCUT2D eigenvalue weighted by Gasteiger charge is 2.35. The van der Waals surface area contributed by atoms with Crippen LogP contribution < -0.4 is 20.9 Å². The molecule has 1 aliphatic rings. The van der Waals surface area contributed by atoms with Gasteiger partial charge in [0.1, 0.15) is 6.10 Å². The van der Waals surface area contributed by atoms with Crippen molar-refractivity contribution in [2.75, 3.05) is 11.5 Å². The summed E-state index contributed by atoms with van der Waals surface area (Å²) in [7, 11) is 0. The Morgan fingerprint density at radius 3 is 2.39 bits per heavy atom. The molecule has 23 heavy (non-hydrogen) atoms. The van der Waals surface area contributed by atoms with E-state index in [0.717, 1.165) is 0 Å². The Kier molecular flexibility index (Phi) is 3.83. The SMILES string of the molecule is C[C@@H]1Oc2ccccc2O[C@H]1C(=O)OCc1nc(N)nc(N)n1. The van der Waals surface area contributed by atoms with E-state index < -0.39 is 18.2 Å². The molecule has 2 aromatic rings. The summed E-state index contributed by atoms with van der Waals surface area (Å²) in [6.45, 7) is 1.53. The topological polar surface area (TPSA) is 135 Å². The van der Waals surface area contributed by atoms with Crippen LogP contribution in [0.1, 0.15) is 12.7 Å². The fourth-order valence-corrected chi connectivity index (χ4v) is 2.12. The van der Waals surface area contributed by atoms with Gasteiger partial charge in [0.05, 0.1) is 0 Å². The van der Waals surface area contributed by atoms with Gasteiger partial charge in [0.15, 0.2) is 23.9 Å². The molecule has 0 aliphatic carbocycles. The number of nitrogens with zero attached hydrogens (tertiary/aromatic N) is 3. The van der Waals surface area contributed by atoms with Gasteiger partial charge in [-0.05, 0) is 19.1 Å². The monoisotopic (exact) mass is 317 g/mol. The molecule has 2 atom stereocenters. The molecule has 0 amide bonds. The largest absolute Gasteiger partial charge is 0.482 e. The van der Waals surface area contributed by atoms with Crippen LogP contribution in [0, 0.1) is 0 Å². The molecule has 0 fully saturated rings. The summed E-state index contributed by atoms with van der Waals surface area (Å²) in [5.74, 6) is 0.562. The minimum atomic E-state index is -0.888. The Bertz CT molecular complexity index is 719. The van der Waals surface area contributed by atoms with Crippen LogP contribution in [0.5, 0.6) is 11.5 Å². The van der Waals surface area contributed by atoms with E-state index in [1.54, 1.807) is 25.1 Å². The van der Waals surface area contributed by atoms with Crippen LogP contribution >= 0.6 is 0 Å². The van der Waals surface area contributed by atoms with E-state index in [2.05, 4.69) is 15.0 Å². The zero-order chi connectivity index (χ0) is 16.4. The summed E-state index contributed by atoms with van der Waals surface area (Å²) in [5, 5.41) is 0. The predicted molar refractivity (Wildman–Crippen MR) is 79.4 cm³/mol. The van der Waals surface area contributed by atoms with Gasteiger partial charge in [0, 0.05) is 0 Å². The van der Waals surface area contributed by atoms with Gasteiger partial charge in [-0.25, -0.2) is 4.79 Å². The Morgan fingerprint density at radius 2 is 1.74 bits per heavy atom. The number of carbonyl (C=O) groups excluding carboxylic acids is 1. The van der Waals surface area contributed by atoms with E-state index in [9.17, 15) is 4.79 Å². The highest BCUT2D eigenvalue weighted by Crippen LogP contribution is 2.33. The molecule has 1 aromatic heterocycles.